The van der Waals surface area contributed by atoms with Gasteiger partial charge in [0.05, 0.1) is 6.04 Å². The Balaban J connectivity index is 1.53. The summed E-state index contributed by atoms with van der Waals surface area (Å²) < 4.78 is 0. The summed E-state index contributed by atoms with van der Waals surface area (Å²) in [6, 6.07) is 7.34. The van der Waals surface area contributed by atoms with Crippen molar-refractivity contribution in [1.29, 1.82) is 0 Å². The summed E-state index contributed by atoms with van der Waals surface area (Å²) in [5.41, 5.74) is 1.02. The van der Waals surface area contributed by atoms with Crippen molar-refractivity contribution in [3.05, 3.63) is 34.9 Å². The van der Waals surface area contributed by atoms with Gasteiger partial charge in [0.25, 0.3) is 0 Å². The third-order valence-electron chi connectivity index (χ3n) is 4.73. The number of rotatable bonds is 3. The summed E-state index contributed by atoms with van der Waals surface area (Å²) in [6.07, 6.45) is 2.89. The number of amides is 3. The van der Waals surface area contributed by atoms with Crippen LogP contribution in [0.5, 0.6) is 0 Å². The molecule has 3 rings (SSSR count). The zero-order chi connectivity index (χ0) is 17.1. The van der Waals surface area contributed by atoms with Gasteiger partial charge in [0, 0.05) is 37.1 Å². The number of urea groups is 1. The van der Waals surface area contributed by atoms with Gasteiger partial charge in [0.15, 0.2) is 0 Å². The number of hydrogen-bond donors (Lipinski definition) is 1. The lowest BCUT2D eigenvalue weighted by molar-refractivity contribution is -0.132. The maximum absolute atomic E-state index is 12.5. The Morgan fingerprint density at radius 2 is 1.71 bits per heavy atom. The summed E-state index contributed by atoms with van der Waals surface area (Å²) in [7, 11) is 0. The molecule has 1 saturated heterocycles. The van der Waals surface area contributed by atoms with E-state index in [9.17, 15) is 9.59 Å². The van der Waals surface area contributed by atoms with Gasteiger partial charge < -0.3 is 15.1 Å². The highest BCUT2D eigenvalue weighted by molar-refractivity contribution is 6.30. The fourth-order valence-electron chi connectivity index (χ4n) is 3.04. The molecule has 1 N–H and O–H groups in total. The number of nitrogens with zero attached hydrogens (tertiary/aromatic N) is 2. The van der Waals surface area contributed by atoms with Crippen molar-refractivity contribution < 1.29 is 9.59 Å². The van der Waals surface area contributed by atoms with Gasteiger partial charge in [-0.2, -0.15) is 0 Å². The molecule has 5 nitrogen and oxygen atoms in total. The number of nitrogens with one attached hydrogen (secondary N) is 1. The highest BCUT2D eigenvalue weighted by Crippen LogP contribution is 2.31. The van der Waals surface area contributed by atoms with E-state index in [1.807, 2.05) is 41.0 Å². The lowest BCUT2D eigenvalue weighted by atomic mass is 10.1. The molecule has 1 aliphatic heterocycles. The smallest absolute Gasteiger partial charge is 0.317 e. The topological polar surface area (TPSA) is 52.7 Å². The first-order valence-corrected chi connectivity index (χ1v) is 9.02. The van der Waals surface area contributed by atoms with E-state index >= 15 is 0 Å². The lowest BCUT2D eigenvalue weighted by Gasteiger charge is -2.24. The summed E-state index contributed by atoms with van der Waals surface area (Å²) in [6.45, 7) is 4.64. The number of halogens is 1. The molecule has 0 radical (unpaired) electrons. The molecule has 1 atom stereocenters. The number of benzene rings is 1. The van der Waals surface area contributed by atoms with Crippen LogP contribution in [0.3, 0.4) is 0 Å². The molecule has 1 heterocycles. The molecule has 130 valence electrons. The van der Waals surface area contributed by atoms with Crippen LogP contribution in [0.1, 0.15) is 37.8 Å². The third-order valence-corrected chi connectivity index (χ3v) is 4.98. The van der Waals surface area contributed by atoms with E-state index in [2.05, 4.69) is 5.32 Å². The molecule has 0 bridgehead atoms. The van der Waals surface area contributed by atoms with Crippen LogP contribution in [0.4, 0.5) is 4.79 Å². The van der Waals surface area contributed by atoms with Gasteiger partial charge in [-0.15, -0.1) is 0 Å². The monoisotopic (exact) mass is 349 g/mol. The van der Waals surface area contributed by atoms with E-state index in [4.69, 9.17) is 11.6 Å². The second-order valence-corrected chi connectivity index (χ2v) is 7.10. The molecule has 24 heavy (non-hydrogen) atoms. The normalized spacial score (nSPS) is 19.6. The largest absolute Gasteiger partial charge is 0.341 e. The summed E-state index contributed by atoms with van der Waals surface area (Å²) in [5.74, 6) is 0.516. The fraction of sp³-hybridized carbons (Fsp3) is 0.556. The Morgan fingerprint density at radius 3 is 2.38 bits per heavy atom. The second kappa shape index (κ2) is 7.43. The van der Waals surface area contributed by atoms with E-state index in [-0.39, 0.29) is 23.9 Å². The standard InChI is InChI=1S/C18H24ClN3O2/c1-13(14-5-7-16(19)8-6-14)20-18(24)22-10-2-9-21(11-12-22)17(23)15-3-4-15/h5-8,13,15H,2-4,9-12H2,1H3,(H,20,24)/t13-/m1/s1. The molecule has 3 amide bonds. The molecule has 1 aromatic carbocycles. The predicted molar refractivity (Wildman–Crippen MR) is 93.9 cm³/mol. The van der Waals surface area contributed by atoms with E-state index < -0.39 is 0 Å². The van der Waals surface area contributed by atoms with E-state index in [0.717, 1.165) is 31.4 Å². The summed E-state index contributed by atoms with van der Waals surface area (Å²) in [5, 5.41) is 3.72. The van der Waals surface area contributed by atoms with Gasteiger partial charge in [0.2, 0.25) is 5.91 Å². The zero-order valence-electron chi connectivity index (χ0n) is 14.0. The minimum Gasteiger partial charge on any atom is -0.341 e. The first-order valence-electron chi connectivity index (χ1n) is 8.64. The minimum absolute atomic E-state index is 0.0711. The van der Waals surface area contributed by atoms with Crippen LogP contribution in [0.25, 0.3) is 0 Å². The van der Waals surface area contributed by atoms with Crippen molar-refractivity contribution in [3.63, 3.8) is 0 Å². The lowest BCUT2D eigenvalue weighted by Crippen LogP contribution is -2.43. The van der Waals surface area contributed by atoms with Gasteiger partial charge >= 0.3 is 6.03 Å². The summed E-state index contributed by atoms with van der Waals surface area (Å²) in [4.78, 5) is 28.4. The fourth-order valence-corrected chi connectivity index (χ4v) is 3.17. The van der Waals surface area contributed by atoms with Crippen molar-refractivity contribution in [2.75, 3.05) is 26.2 Å². The van der Waals surface area contributed by atoms with Crippen molar-refractivity contribution in [2.45, 2.75) is 32.2 Å². The minimum atomic E-state index is -0.0813. The quantitative estimate of drug-likeness (QED) is 0.911. The average molecular weight is 350 g/mol. The van der Waals surface area contributed by atoms with Crippen LogP contribution in [0, 0.1) is 5.92 Å². The number of hydrogen-bond acceptors (Lipinski definition) is 2. The molecule has 0 unspecified atom stereocenters. The Bertz CT molecular complexity index is 601. The van der Waals surface area contributed by atoms with Gasteiger partial charge in [-0.05, 0) is 43.9 Å². The van der Waals surface area contributed by atoms with Gasteiger partial charge in [-0.3, -0.25) is 4.79 Å². The van der Waals surface area contributed by atoms with Crippen LogP contribution < -0.4 is 5.32 Å². The molecule has 1 aliphatic carbocycles. The molecule has 0 spiro atoms. The summed E-state index contributed by atoms with van der Waals surface area (Å²) >= 11 is 5.90. The average Bonchev–Trinajstić information content (AvgIpc) is 3.41. The molecular formula is C18H24ClN3O2. The van der Waals surface area contributed by atoms with E-state index in [1.54, 1.807) is 0 Å². The molecule has 6 heteroatoms. The molecule has 0 aromatic heterocycles. The van der Waals surface area contributed by atoms with Crippen molar-refractivity contribution in [1.82, 2.24) is 15.1 Å². The maximum atomic E-state index is 12.5. The van der Waals surface area contributed by atoms with Crippen LogP contribution in [-0.2, 0) is 4.79 Å². The molecule has 1 aromatic rings. The highest BCUT2D eigenvalue weighted by Gasteiger charge is 2.34. The maximum Gasteiger partial charge on any atom is 0.317 e. The predicted octanol–water partition coefficient (Wildman–Crippen LogP) is 3.05. The molecule has 2 aliphatic rings. The van der Waals surface area contributed by atoms with Gasteiger partial charge in [0.1, 0.15) is 0 Å². The first-order chi connectivity index (χ1) is 11.5. The molecule has 1 saturated carbocycles. The van der Waals surface area contributed by atoms with Crippen LogP contribution in [-0.4, -0.2) is 47.9 Å². The Kier molecular flexibility index (Phi) is 5.29. The third kappa shape index (κ3) is 4.20. The van der Waals surface area contributed by atoms with Crippen molar-refractivity contribution >= 4 is 23.5 Å². The van der Waals surface area contributed by atoms with Crippen molar-refractivity contribution in [2.24, 2.45) is 5.92 Å². The van der Waals surface area contributed by atoms with Crippen LogP contribution >= 0.6 is 11.6 Å². The number of carbonyl (C=O) groups excluding carboxylic acids is 2. The zero-order valence-corrected chi connectivity index (χ0v) is 14.8. The van der Waals surface area contributed by atoms with Crippen LogP contribution in [0.15, 0.2) is 24.3 Å². The van der Waals surface area contributed by atoms with E-state index in [0.29, 0.717) is 24.7 Å². The Morgan fingerprint density at radius 1 is 1.08 bits per heavy atom. The van der Waals surface area contributed by atoms with Gasteiger partial charge in [-0.1, -0.05) is 23.7 Å². The number of carbonyl (C=O) groups is 2. The first kappa shape index (κ1) is 17.1. The van der Waals surface area contributed by atoms with Crippen LogP contribution in [0.2, 0.25) is 5.02 Å². The Labute approximate surface area is 147 Å². The van der Waals surface area contributed by atoms with Gasteiger partial charge in [-0.25, -0.2) is 4.79 Å². The van der Waals surface area contributed by atoms with Crippen molar-refractivity contribution in [3.8, 4) is 0 Å². The highest BCUT2D eigenvalue weighted by atomic mass is 35.5. The molecule has 2 fully saturated rings. The van der Waals surface area contributed by atoms with E-state index in [1.165, 1.54) is 0 Å². The molecular weight excluding hydrogens is 326 g/mol. The SMILES string of the molecule is C[C@@H](NC(=O)N1CCCN(C(=O)C2CC2)CC1)c1ccc(Cl)cc1. The Hall–Kier alpha value is -1.75. The second-order valence-electron chi connectivity index (χ2n) is 6.66.